The van der Waals surface area contributed by atoms with Crippen LogP contribution in [-0.4, -0.2) is 4.74 Å². The maximum Gasteiger partial charge on any atom is 0.287 e. The Morgan fingerprint density at radius 3 is 2.50 bits per heavy atom. The fraction of sp³-hybridized carbons (Fsp3) is 0.182. The lowest BCUT2D eigenvalue weighted by Crippen LogP contribution is -2.11. The smallest absolute Gasteiger partial charge is 0.287 e. The van der Waals surface area contributed by atoms with Crippen LogP contribution in [-0.2, 0) is 0 Å². The molecule has 14 heavy (non-hydrogen) atoms. The van der Waals surface area contributed by atoms with Gasteiger partial charge in [0.05, 0.1) is 5.69 Å². The van der Waals surface area contributed by atoms with Crippen molar-refractivity contribution in [3.8, 4) is 5.69 Å². The molecule has 0 saturated heterocycles. The van der Waals surface area contributed by atoms with Crippen molar-refractivity contribution >= 4 is 0 Å². The molecule has 0 atom stereocenters. The quantitative estimate of drug-likeness (QED) is 0.688. The van der Waals surface area contributed by atoms with Gasteiger partial charge in [-0.2, -0.15) is 0 Å². The van der Waals surface area contributed by atoms with E-state index in [1.165, 1.54) is 10.8 Å². The molecule has 72 valence electrons. The third-order valence-corrected chi connectivity index (χ3v) is 2.10. The van der Waals surface area contributed by atoms with E-state index in [9.17, 15) is 4.79 Å². The number of aromatic nitrogens is 1. The Hall–Kier alpha value is -1.77. The second-order valence-electron chi connectivity index (χ2n) is 3.27. The van der Waals surface area contributed by atoms with Crippen LogP contribution in [0.2, 0.25) is 0 Å². The van der Waals surface area contributed by atoms with Gasteiger partial charge in [0.15, 0.2) is 0 Å². The van der Waals surface area contributed by atoms with Crippen molar-refractivity contribution in [1.29, 1.82) is 0 Å². The third-order valence-electron chi connectivity index (χ3n) is 2.10. The van der Waals surface area contributed by atoms with E-state index in [0.29, 0.717) is 5.76 Å². The van der Waals surface area contributed by atoms with Crippen molar-refractivity contribution in [3.05, 3.63) is 52.0 Å². The first-order valence-electron chi connectivity index (χ1n) is 4.44. The average molecular weight is 189 g/mol. The second-order valence-corrected chi connectivity index (χ2v) is 3.27. The van der Waals surface area contributed by atoms with Gasteiger partial charge in [-0.05, 0) is 25.5 Å². The standard InChI is InChI=1S/C11H11NO2/c1-8-5-3-4-6-10(8)12-11(13)7-9(2)14-12/h3-7H,1-2H3. The van der Waals surface area contributed by atoms with Crippen LogP contribution in [0.15, 0.2) is 39.6 Å². The maximum atomic E-state index is 11.5. The summed E-state index contributed by atoms with van der Waals surface area (Å²) in [5.41, 5.74) is 1.69. The summed E-state index contributed by atoms with van der Waals surface area (Å²) in [4.78, 5) is 11.5. The van der Waals surface area contributed by atoms with E-state index in [-0.39, 0.29) is 5.56 Å². The number of hydrogen-bond donors (Lipinski definition) is 0. The topological polar surface area (TPSA) is 35.1 Å². The fourth-order valence-corrected chi connectivity index (χ4v) is 1.41. The van der Waals surface area contributed by atoms with Crippen LogP contribution in [0, 0.1) is 13.8 Å². The minimum absolute atomic E-state index is 0.128. The maximum absolute atomic E-state index is 11.5. The lowest BCUT2D eigenvalue weighted by atomic mass is 10.2. The van der Waals surface area contributed by atoms with E-state index in [4.69, 9.17) is 4.52 Å². The summed E-state index contributed by atoms with van der Waals surface area (Å²) < 4.78 is 6.60. The molecular formula is C11H11NO2. The van der Waals surface area contributed by atoms with Crippen LogP contribution in [0.3, 0.4) is 0 Å². The van der Waals surface area contributed by atoms with Crippen molar-refractivity contribution in [2.45, 2.75) is 13.8 Å². The summed E-state index contributed by atoms with van der Waals surface area (Å²) >= 11 is 0. The highest BCUT2D eigenvalue weighted by molar-refractivity contribution is 5.38. The average Bonchev–Trinajstić information content (AvgIpc) is 2.46. The number of benzene rings is 1. The van der Waals surface area contributed by atoms with Crippen molar-refractivity contribution in [2.75, 3.05) is 0 Å². The highest BCUT2D eigenvalue weighted by Crippen LogP contribution is 2.11. The van der Waals surface area contributed by atoms with Gasteiger partial charge in [-0.1, -0.05) is 18.2 Å². The summed E-state index contributed by atoms with van der Waals surface area (Å²) in [5.74, 6) is 0.623. The molecule has 2 aromatic rings. The van der Waals surface area contributed by atoms with Crippen molar-refractivity contribution in [2.24, 2.45) is 0 Å². The number of rotatable bonds is 1. The Balaban J connectivity index is 2.66. The van der Waals surface area contributed by atoms with Gasteiger partial charge in [-0.25, -0.2) is 0 Å². The van der Waals surface area contributed by atoms with Gasteiger partial charge in [0.25, 0.3) is 5.56 Å². The van der Waals surface area contributed by atoms with E-state index in [1.807, 2.05) is 31.2 Å². The summed E-state index contributed by atoms with van der Waals surface area (Å²) in [5, 5.41) is 0. The van der Waals surface area contributed by atoms with Gasteiger partial charge in [0, 0.05) is 6.07 Å². The molecule has 1 aromatic carbocycles. The van der Waals surface area contributed by atoms with Crippen LogP contribution < -0.4 is 5.56 Å². The molecular weight excluding hydrogens is 178 g/mol. The van der Waals surface area contributed by atoms with E-state index in [0.717, 1.165) is 11.3 Å². The molecule has 0 aliphatic heterocycles. The monoisotopic (exact) mass is 189 g/mol. The summed E-state index contributed by atoms with van der Waals surface area (Å²) in [6.45, 7) is 3.70. The Bertz CT molecular complexity index is 508. The van der Waals surface area contributed by atoms with E-state index < -0.39 is 0 Å². The Labute approximate surface area is 81.6 Å². The van der Waals surface area contributed by atoms with Crippen LogP contribution in [0.1, 0.15) is 11.3 Å². The molecule has 0 unspecified atom stereocenters. The first-order valence-corrected chi connectivity index (χ1v) is 4.44. The number of hydrogen-bond acceptors (Lipinski definition) is 2. The molecule has 0 amide bonds. The zero-order valence-corrected chi connectivity index (χ0v) is 8.15. The zero-order chi connectivity index (χ0) is 10.1. The van der Waals surface area contributed by atoms with Crippen LogP contribution >= 0.6 is 0 Å². The summed E-state index contributed by atoms with van der Waals surface area (Å²) in [6, 6.07) is 9.10. The molecule has 0 N–H and O–H groups in total. The van der Waals surface area contributed by atoms with Crippen molar-refractivity contribution in [1.82, 2.24) is 4.74 Å². The third kappa shape index (κ3) is 1.37. The first kappa shape index (κ1) is 8.81. The molecule has 0 aliphatic rings. The number of para-hydroxylation sites is 1. The number of nitrogens with zero attached hydrogens (tertiary/aromatic N) is 1. The molecule has 0 fully saturated rings. The lowest BCUT2D eigenvalue weighted by molar-refractivity contribution is 0.321. The van der Waals surface area contributed by atoms with Crippen LogP contribution in [0.5, 0.6) is 0 Å². The molecule has 0 aliphatic carbocycles. The normalized spacial score (nSPS) is 10.4. The highest BCUT2D eigenvalue weighted by Gasteiger charge is 2.06. The van der Waals surface area contributed by atoms with E-state index in [2.05, 4.69) is 0 Å². The van der Waals surface area contributed by atoms with Crippen molar-refractivity contribution in [3.63, 3.8) is 0 Å². The predicted octanol–water partition coefficient (Wildman–Crippen LogP) is 2.05. The lowest BCUT2D eigenvalue weighted by Gasteiger charge is -2.02. The highest BCUT2D eigenvalue weighted by atomic mass is 16.5. The molecule has 1 aromatic heterocycles. The van der Waals surface area contributed by atoms with Crippen molar-refractivity contribution < 1.29 is 4.52 Å². The Kier molecular flexibility index (Phi) is 2.00. The molecule has 3 heteroatoms. The SMILES string of the molecule is Cc1cc(=O)n(-c2ccccc2C)o1. The van der Waals surface area contributed by atoms with Gasteiger partial charge in [0.1, 0.15) is 5.76 Å². The Morgan fingerprint density at radius 1 is 1.21 bits per heavy atom. The van der Waals surface area contributed by atoms with Gasteiger partial charge in [0.2, 0.25) is 0 Å². The first-order chi connectivity index (χ1) is 6.68. The van der Waals surface area contributed by atoms with Gasteiger partial charge >= 0.3 is 0 Å². The predicted molar refractivity (Wildman–Crippen MR) is 53.8 cm³/mol. The largest absolute Gasteiger partial charge is 0.376 e. The van der Waals surface area contributed by atoms with E-state index >= 15 is 0 Å². The zero-order valence-electron chi connectivity index (χ0n) is 8.15. The molecule has 1 heterocycles. The van der Waals surface area contributed by atoms with Gasteiger partial charge < -0.3 is 4.52 Å². The molecule has 2 rings (SSSR count). The molecule has 0 spiro atoms. The van der Waals surface area contributed by atoms with Crippen LogP contribution in [0.4, 0.5) is 0 Å². The minimum atomic E-state index is -0.128. The number of aryl methyl sites for hydroxylation is 2. The van der Waals surface area contributed by atoms with Crippen LogP contribution in [0.25, 0.3) is 5.69 Å². The Morgan fingerprint density at radius 2 is 1.93 bits per heavy atom. The molecule has 0 bridgehead atoms. The van der Waals surface area contributed by atoms with Gasteiger partial charge in [-0.3, -0.25) is 4.79 Å². The van der Waals surface area contributed by atoms with Gasteiger partial charge in [-0.15, -0.1) is 4.74 Å². The second kappa shape index (κ2) is 3.18. The molecule has 3 nitrogen and oxygen atoms in total. The summed E-state index contributed by atoms with van der Waals surface area (Å²) in [6.07, 6.45) is 0. The minimum Gasteiger partial charge on any atom is -0.376 e. The molecule has 0 radical (unpaired) electrons. The fourth-order valence-electron chi connectivity index (χ4n) is 1.41. The molecule has 0 saturated carbocycles. The van der Waals surface area contributed by atoms with E-state index in [1.54, 1.807) is 6.92 Å². The summed E-state index contributed by atoms with van der Waals surface area (Å²) in [7, 11) is 0.